The van der Waals surface area contributed by atoms with Crippen LogP contribution in [-0.4, -0.2) is 163 Å². The highest BCUT2D eigenvalue weighted by Crippen LogP contribution is 2.38. The van der Waals surface area contributed by atoms with Crippen LogP contribution in [0.15, 0.2) is 140 Å². The molecule has 5 heterocycles. The number of carbonyl (C=O) groups excluding carboxylic acids is 2. The first kappa shape index (κ1) is 55.0. The number of ether oxygens (including phenoxy) is 1. The lowest BCUT2D eigenvalue weighted by Gasteiger charge is -2.27. The van der Waals surface area contributed by atoms with Gasteiger partial charge in [-0.1, -0.05) is 103 Å². The van der Waals surface area contributed by atoms with E-state index in [1.165, 1.54) is 9.80 Å². The summed E-state index contributed by atoms with van der Waals surface area (Å²) in [5, 5.41) is 40.0. The van der Waals surface area contributed by atoms with Crippen molar-refractivity contribution in [2.24, 2.45) is 0 Å². The molecule has 1 amide bonds. The van der Waals surface area contributed by atoms with Gasteiger partial charge in [-0.25, -0.2) is 14.8 Å². The van der Waals surface area contributed by atoms with Gasteiger partial charge in [-0.05, 0) is 83.0 Å². The number of amides is 1. The van der Waals surface area contributed by atoms with Crippen LogP contribution < -0.4 is 5.32 Å². The first-order chi connectivity index (χ1) is 38.8. The SMILES string of the molecule is O=C(O)CN(CCN(CC(=O)O)CC(=O)O)CCN(CC(=O)O)CC(=O)NCCOC(=O)c1ccc(-c2c3nc(c(-c4ccccc4)c4ccc([nH]4)c(-c4ccccc4)c4nc(c(-c5ccccc5)c5ccc2[nH]5)C=C4)C=C3)cc1. The van der Waals surface area contributed by atoms with Gasteiger partial charge < -0.3 is 40.4 Å². The summed E-state index contributed by atoms with van der Waals surface area (Å²) in [7, 11) is 0. The van der Waals surface area contributed by atoms with Gasteiger partial charge in [0.2, 0.25) is 5.91 Å². The van der Waals surface area contributed by atoms with Gasteiger partial charge in [-0.3, -0.25) is 38.7 Å². The molecule has 2 aliphatic heterocycles. The van der Waals surface area contributed by atoms with Gasteiger partial charge >= 0.3 is 29.8 Å². The fourth-order valence-electron chi connectivity index (χ4n) is 9.71. The summed E-state index contributed by atoms with van der Waals surface area (Å²) in [5.41, 5.74) is 13.8. The third kappa shape index (κ3) is 13.8. The van der Waals surface area contributed by atoms with Crippen LogP contribution in [0.25, 0.3) is 90.9 Å². The molecule has 0 aliphatic carbocycles. The van der Waals surface area contributed by atoms with E-state index >= 15 is 0 Å². The molecule has 0 saturated carbocycles. The Balaban J connectivity index is 0.969. The maximum Gasteiger partial charge on any atom is 0.338 e. The fourth-order valence-corrected chi connectivity index (χ4v) is 9.71. The number of hydrogen-bond donors (Lipinski definition) is 7. The Labute approximate surface area is 458 Å². The highest BCUT2D eigenvalue weighted by molar-refractivity contribution is 6.00. The lowest BCUT2D eigenvalue weighted by molar-refractivity contribution is -0.143. The second-order valence-corrected chi connectivity index (χ2v) is 18.9. The summed E-state index contributed by atoms with van der Waals surface area (Å²) < 4.78 is 5.54. The zero-order chi connectivity index (χ0) is 56.1. The number of rotatable bonds is 24. The molecule has 2 aliphatic rings. The normalized spacial score (nSPS) is 11.8. The molecule has 19 nitrogen and oxygen atoms in total. The summed E-state index contributed by atoms with van der Waals surface area (Å²) in [5.74, 6) is -6.21. The van der Waals surface area contributed by atoms with Crippen molar-refractivity contribution in [2.45, 2.75) is 0 Å². The number of esters is 1. The number of hydrogen-bond acceptors (Lipinski definition) is 12. The zero-order valence-electron chi connectivity index (χ0n) is 43.2. The lowest BCUT2D eigenvalue weighted by atomic mass is 10.0. The first-order valence-electron chi connectivity index (χ1n) is 25.7. The number of carbonyl (C=O) groups is 6. The number of fused-ring (bicyclic) bond motifs is 8. The topological polar surface area (TPSA) is 272 Å². The summed E-state index contributed by atoms with van der Waals surface area (Å²) in [4.78, 5) is 94.3. The molecule has 8 bridgehead atoms. The van der Waals surface area contributed by atoms with Gasteiger partial charge in [-0.15, -0.1) is 0 Å². The van der Waals surface area contributed by atoms with E-state index in [1.54, 1.807) is 12.1 Å². The number of carboxylic acids is 4. The van der Waals surface area contributed by atoms with Gasteiger partial charge in [0.05, 0.1) is 67.6 Å². The van der Waals surface area contributed by atoms with Gasteiger partial charge in [0, 0.05) is 70.5 Å². The Kier molecular flexibility index (Phi) is 17.6. The second-order valence-electron chi connectivity index (χ2n) is 18.9. The van der Waals surface area contributed by atoms with Crippen molar-refractivity contribution in [1.82, 2.24) is 40.0 Å². The molecule has 3 aromatic heterocycles. The Morgan fingerprint density at radius 2 is 0.738 bits per heavy atom. The van der Waals surface area contributed by atoms with Crippen LogP contribution in [0.1, 0.15) is 33.1 Å². The molecule has 0 saturated heterocycles. The molecule has 19 heteroatoms. The summed E-state index contributed by atoms with van der Waals surface area (Å²) >= 11 is 0. The first-order valence-corrected chi connectivity index (χ1v) is 25.7. The number of benzene rings is 4. The van der Waals surface area contributed by atoms with E-state index in [-0.39, 0.29) is 44.9 Å². The third-order valence-corrected chi connectivity index (χ3v) is 13.3. The maximum absolute atomic E-state index is 13.5. The maximum atomic E-state index is 13.5. The van der Waals surface area contributed by atoms with Crippen LogP contribution in [0.2, 0.25) is 0 Å². The molecule has 80 heavy (non-hydrogen) atoms. The molecular formula is C61H56N8O11. The number of aromatic nitrogens is 4. The monoisotopic (exact) mass is 1080 g/mol. The molecule has 4 aromatic carbocycles. The van der Waals surface area contributed by atoms with E-state index in [0.717, 1.165) is 88.6 Å². The van der Waals surface area contributed by atoms with Crippen molar-refractivity contribution < 1.29 is 53.9 Å². The van der Waals surface area contributed by atoms with E-state index in [2.05, 4.69) is 69.9 Å². The molecule has 0 fully saturated rings. The number of nitrogens with zero attached hydrogens (tertiary/aromatic N) is 5. The Hall–Kier alpha value is -9.82. The van der Waals surface area contributed by atoms with Crippen molar-refractivity contribution in [2.75, 3.05) is 72.1 Å². The average Bonchev–Trinajstić information content (AvgIpc) is 4.39. The Morgan fingerprint density at radius 1 is 0.412 bits per heavy atom. The minimum Gasteiger partial charge on any atom is -0.480 e. The predicted molar refractivity (Wildman–Crippen MR) is 304 cm³/mol. The highest BCUT2D eigenvalue weighted by Gasteiger charge is 2.22. The van der Waals surface area contributed by atoms with E-state index in [4.69, 9.17) is 14.7 Å². The van der Waals surface area contributed by atoms with Crippen molar-refractivity contribution in [1.29, 1.82) is 0 Å². The summed E-state index contributed by atoms with van der Waals surface area (Å²) in [6, 6.07) is 45.6. The Bertz CT molecular complexity index is 3620. The largest absolute Gasteiger partial charge is 0.480 e. The van der Waals surface area contributed by atoms with Crippen LogP contribution >= 0.6 is 0 Å². The van der Waals surface area contributed by atoms with Gasteiger partial charge in [-0.2, -0.15) is 0 Å². The minimum atomic E-state index is -1.26. The molecule has 9 rings (SSSR count). The predicted octanol–water partition coefficient (Wildman–Crippen LogP) is 7.84. The fraction of sp³-hybridized carbons (Fsp3) is 0.180. The molecule has 0 unspecified atom stereocenters. The molecule has 0 atom stereocenters. The van der Waals surface area contributed by atoms with Crippen LogP contribution in [0.5, 0.6) is 0 Å². The van der Waals surface area contributed by atoms with Crippen LogP contribution in [0, 0.1) is 0 Å². The number of nitrogens with one attached hydrogen (secondary N) is 3. The number of carboxylic acid groups (broad SMARTS) is 4. The van der Waals surface area contributed by atoms with E-state index in [1.807, 2.05) is 97.1 Å². The smallest absolute Gasteiger partial charge is 0.338 e. The number of aliphatic carboxylic acids is 4. The standard InChI is InChI=1S/C61H56N8O11/c70-52(34-68(36-54(73)74)31-29-67(35-53(71)72)30-32-69(37-55(75)76)38-56(77)78)62-28-33-80-61(79)43-18-16-42(17-19-43)60-50-26-24-48(65-50)58(40-12-6-2-7-13-40)46-22-20-44(63-46)57(39-10-4-1-5-11-39)45-21-23-47(64-45)59(41-14-8-3-9-15-41)49-25-27-51(60)66-49/h1-27,63,66H,28-38H2,(H,62,70)(H,71,72)(H,73,74)(H,75,76)(H,77,78). The molecule has 406 valence electrons. The van der Waals surface area contributed by atoms with E-state index in [0.29, 0.717) is 5.69 Å². The van der Waals surface area contributed by atoms with Crippen LogP contribution in [0.3, 0.4) is 0 Å². The second kappa shape index (κ2) is 25.6. The summed E-state index contributed by atoms with van der Waals surface area (Å²) in [6.45, 7) is -3.18. The molecule has 7 N–H and O–H groups in total. The molecular weight excluding hydrogens is 1020 g/mol. The van der Waals surface area contributed by atoms with Crippen molar-refractivity contribution in [3.8, 4) is 44.5 Å². The van der Waals surface area contributed by atoms with Crippen molar-refractivity contribution in [3.05, 3.63) is 168 Å². The van der Waals surface area contributed by atoms with Gasteiger partial charge in [0.15, 0.2) is 0 Å². The Morgan fingerprint density at radius 3 is 1.10 bits per heavy atom. The quantitative estimate of drug-likeness (QED) is 0.0224. The van der Waals surface area contributed by atoms with Gasteiger partial charge in [0.1, 0.15) is 6.61 Å². The highest BCUT2D eigenvalue weighted by atomic mass is 16.5. The average molecular weight is 1080 g/mol. The van der Waals surface area contributed by atoms with E-state index in [9.17, 15) is 49.2 Å². The number of H-pyrrole nitrogens is 2. The minimum absolute atomic E-state index is 0.0353. The molecule has 0 radical (unpaired) electrons. The number of aromatic amines is 2. The third-order valence-electron chi connectivity index (χ3n) is 13.3. The van der Waals surface area contributed by atoms with Crippen LogP contribution in [-0.2, 0) is 28.7 Å². The van der Waals surface area contributed by atoms with Gasteiger partial charge in [0.25, 0.3) is 0 Å². The van der Waals surface area contributed by atoms with E-state index < -0.39 is 68.5 Å². The molecule has 7 aromatic rings. The molecule has 0 spiro atoms. The van der Waals surface area contributed by atoms with Crippen molar-refractivity contribution >= 4 is 82.1 Å². The summed E-state index contributed by atoms with van der Waals surface area (Å²) in [6.07, 6.45) is 8.10. The van der Waals surface area contributed by atoms with Crippen molar-refractivity contribution in [3.63, 3.8) is 0 Å². The lowest BCUT2D eigenvalue weighted by Crippen LogP contribution is -2.46. The zero-order valence-corrected chi connectivity index (χ0v) is 43.2. The van der Waals surface area contributed by atoms with Crippen LogP contribution in [0.4, 0.5) is 0 Å².